The van der Waals surface area contributed by atoms with Gasteiger partial charge >= 0.3 is 5.97 Å². The molecular weight excluding hydrogens is 497 g/mol. The van der Waals surface area contributed by atoms with E-state index >= 15 is 0 Å². The van der Waals surface area contributed by atoms with E-state index in [-0.39, 0.29) is 31.2 Å². The molecule has 1 saturated heterocycles. The standard InChI is InChI=1S/C23H25ClFN5O4S/c1-34-23(31)22-16-28(12-17-2-6-19(24)7-3-17)10-11-35(32,33)30(22)15-21-14-29(27-26-21)13-18-4-8-20(25)9-5-18/h2-9,14,22H,10-13,15-16H2,1H3. The molecule has 1 aromatic heterocycles. The first-order valence-electron chi connectivity index (χ1n) is 10.9. The molecule has 186 valence electrons. The van der Waals surface area contributed by atoms with Crippen molar-refractivity contribution in [1.82, 2.24) is 24.2 Å². The number of benzene rings is 2. The molecule has 9 nitrogen and oxygen atoms in total. The number of aromatic nitrogens is 3. The molecule has 0 N–H and O–H groups in total. The molecule has 0 saturated carbocycles. The van der Waals surface area contributed by atoms with Gasteiger partial charge in [-0.2, -0.15) is 4.31 Å². The Morgan fingerprint density at radius 2 is 1.74 bits per heavy atom. The summed E-state index contributed by atoms with van der Waals surface area (Å²) in [7, 11) is -2.56. The first kappa shape index (κ1) is 25.2. The number of methoxy groups -OCH3 is 1. The summed E-state index contributed by atoms with van der Waals surface area (Å²) in [4.78, 5) is 14.6. The summed E-state index contributed by atoms with van der Waals surface area (Å²) >= 11 is 5.96. The van der Waals surface area contributed by atoms with E-state index in [1.54, 1.807) is 30.5 Å². The molecule has 2 aromatic carbocycles. The number of sulfonamides is 1. The van der Waals surface area contributed by atoms with Crippen LogP contribution in [-0.2, 0) is 39.2 Å². The highest BCUT2D eigenvalue weighted by Crippen LogP contribution is 2.21. The van der Waals surface area contributed by atoms with Gasteiger partial charge in [0.15, 0.2) is 0 Å². The van der Waals surface area contributed by atoms with Gasteiger partial charge in [0.25, 0.3) is 0 Å². The Morgan fingerprint density at radius 1 is 1.09 bits per heavy atom. The summed E-state index contributed by atoms with van der Waals surface area (Å²) in [6.45, 7) is 1.10. The zero-order valence-corrected chi connectivity index (χ0v) is 20.6. The van der Waals surface area contributed by atoms with Crippen LogP contribution in [0.2, 0.25) is 5.02 Å². The maximum absolute atomic E-state index is 13.2. The van der Waals surface area contributed by atoms with Crippen LogP contribution >= 0.6 is 11.6 Å². The van der Waals surface area contributed by atoms with Crippen molar-refractivity contribution in [2.75, 3.05) is 26.0 Å². The number of ether oxygens (including phenoxy) is 1. The third-order valence-corrected chi connectivity index (χ3v) is 7.80. The number of nitrogens with zero attached hydrogens (tertiary/aromatic N) is 5. The second kappa shape index (κ2) is 10.8. The van der Waals surface area contributed by atoms with Crippen molar-refractivity contribution in [2.24, 2.45) is 0 Å². The van der Waals surface area contributed by atoms with Gasteiger partial charge in [-0.1, -0.05) is 41.1 Å². The van der Waals surface area contributed by atoms with Crippen molar-refractivity contribution in [2.45, 2.75) is 25.7 Å². The Bertz CT molecular complexity index is 1270. The van der Waals surface area contributed by atoms with E-state index in [1.807, 2.05) is 17.0 Å². The van der Waals surface area contributed by atoms with Crippen molar-refractivity contribution >= 4 is 27.6 Å². The summed E-state index contributed by atoms with van der Waals surface area (Å²) < 4.78 is 47.2. The van der Waals surface area contributed by atoms with E-state index in [1.165, 1.54) is 23.9 Å². The number of carbonyl (C=O) groups excluding carboxylic acids is 1. The topological polar surface area (TPSA) is 97.6 Å². The van der Waals surface area contributed by atoms with Gasteiger partial charge in [-0.25, -0.2) is 17.5 Å². The lowest BCUT2D eigenvalue weighted by atomic mass is 10.2. The van der Waals surface area contributed by atoms with Gasteiger partial charge in [0.2, 0.25) is 10.0 Å². The molecular formula is C23H25ClFN5O4S. The van der Waals surface area contributed by atoms with Crippen LogP contribution in [0.4, 0.5) is 4.39 Å². The lowest BCUT2D eigenvalue weighted by molar-refractivity contribution is -0.145. The quantitative estimate of drug-likeness (QED) is 0.440. The molecule has 0 bridgehead atoms. The summed E-state index contributed by atoms with van der Waals surface area (Å²) in [5.41, 5.74) is 2.15. The van der Waals surface area contributed by atoms with Crippen LogP contribution in [0.1, 0.15) is 16.8 Å². The lowest BCUT2D eigenvalue weighted by Crippen LogP contribution is -2.48. The second-order valence-electron chi connectivity index (χ2n) is 8.30. The van der Waals surface area contributed by atoms with Crippen molar-refractivity contribution < 1.29 is 22.3 Å². The third-order valence-electron chi connectivity index (χ3n) is 5.76. The molecule has 3 aromatic rings. The highest BCUT2D eigenvalue weighted by Gasteiger charge is 2.40. The van der Waals surface area contributed by atoms with Crippen molar-refractivity contribution in [3.63, 3.8) is 0 Å². The molecule has 2 heterocycles. The molecule has 0 aliphatic carbocycles. The van der Waals surface area contributed by atoms with E-state index in [0.29, 0.717) is 23.8 Å². The van der Waals surface area contributed by atoms with Crippen LogP contribution in [0.15, 0.2) is 54.7 Å². The lowest BCUT2D eigenvalue weighted by Gasteiger charge is -2.28. The summed E-state index contributed by atoms with van der Waals surface area (Å²) in [6, 6.07) is 12.2. The molecule has 1 fully saturated rings. The Balaban J connectivity index is 1.53. The first-order chi connectivity index (χ1) is 16.7. The SMILES string of the molecule is COC(=O)C1CN(Cc2ccc(Cl)cc2)CCS(=O)(=O)N1Cc1cn(Cc2ccc(F)cc2)nn1. The number of esters is 1. The van der Waals surface area contributed by atoms with Crippen molar-refractivity contribution in [3.8, 4) is 0 Å². The fourth-order valence-corrected chi connectivity index (χ4v) is 5.65. The van der Waals surface area contributed by atoms with Crippen LogP contribution in [0.3, 0.4) is 0 Å². The van der Waals surface area contributed by atoms with Gasteiger partial charge in [0.1, 0.15) is 11.9 Å². The Morgan fingerprint density at radius 3 is 2.43 bits per heavy atom. The van der Waals surface area contributed by atoms with Crippen LogP contribution < -0.4 is 0 Å². The van der Waals surface area contributed by atoms with Gasteiger partial charge in [0.05, 0.1) is 37.8 Å². The Kier molecular flexibility index (Phi) is 7.80. The van der Waals surface area contributed by atoms with Gasteiger partial charge in [-0.3, -0.25) is 9.69 Å². The van der Waals surface area contributed by atoms with E-state index in [4.69, 9.17) is 16.3 Å². The van der Waals surface area contributed by atoms with E-state index < -0.39 is 22.0 Å². The fourth-order valence-electron chi connectivity index (χ4n) is 3.94. The summed E-state index contributed by atoms with van der Waals surface area (Å²) in [5.74, 6) is -1.13. The second-order valence-corrected chi connectivity index (χ2v) is 10.8. The first-order valence-corrected chi connectivity index (χ1v) is 12.9. The number of carbonyl (C=O) groups is 1. The van der Waals surface area contributed by atoms with Crippen LogP contribution in [0, 0.1) is 5.82 Å². The monoisotopic (exact) mass is 521 g/mol. The Labute approximate surface area is 208 Å². The molecule has 0 amide bonds. The van der Waals surface area contributed by atoms with E-state index in [2.05, 4.69) is 10.3 Å². The van der Waals surface area contributed by atoms with E-state index in [9.17, 15) is 17.6 Å². The zero-order valence-electron chi connectivity index (χ0n) is 19.0. The number of halogens is 2. The van der Waals surface area contributed by atoms with Gasteiger partial charge < -0.3 is 4.74 Å². The molecule has 1 unspecified atom stereocenters. The van der Waals surface area contributed by atoms with Crippen LogP contribution in [0.25, 0.3) is 0 Å². The minimum Gasteiger partial charge on any atom is -0.468 e. The average Bonchev–Trinajstić information content (AvgIpc) is 3.24. The highest BCUT2D eigenvalue weighted by atomic mass is 35.5. The molecule has 1 aliphatic rings. The molecule has 35 heavy (non-hydrogen) atoms. The molecule has 12 heteroatoms. The molecule has 4 rings (SSSR count). The van der Waals surface area contributed by atoms with E-state index in [0.717, 1.165) is 15.4 Å². The Hall–Kier alpha value is -2.86. The third kappa shape index (κ3) is 6.43. The normalized spacial score (nSPS) is 18.8. The molecule has 0 radical (unpaired) electrons. The molecule has 1 aliphatic heterocycles. The maximum Gasteiger partial charge on any atom is 0.325 e. The van der Waals surface area contributed by atoms with Crippen molar-refractivity contribution in [3.05, 3.63) is 82.4 Å². The maximum atomic E-state index is 13.2. The van der Waals surface area contributed by atoms with Crippen LogP contribution in [0.5, 0.6) is 0 Å². The zero-order chi connectivity index (χ0) is 25.0. The van der Waals surface area contributed by atoms with Crippen molar-refractivity contribution in [1.29, 1.82) is 0 Å². The van der Waals surface area contributed by atoms with Crippen LogP contribution in [-0.4, -0.2) is 70.6 Å². The smallest absolute Gasteiger partial charge is 0.325 e. The van der Waals surface area contributed by atoms with Gasteiger partial charge in [-0.05, 0) is 35.4 Å². The highest BCUT2D eigenvalue weighted by molar-refractivity contribution is 7.89. The van der Waals surface area contributed by atoms with Gasteiger partial charge in [0, 0.05) is 24.7 Å². The molecule has 0 spiro atoms. The fraction of sp³-hybridized carbons (Fsp3) is 0.348. The predicted octanol–water partition coefficient (Wildman–Crippen LogP) is 2.31. The largest absolute Gasteiger partial charge is 0.468 e. The molecule has 1 atom stereocenters. The average molecular weight is 522 g/mol. The number of hydrogen-bond donors (Lipinski definition) is 0. The minimum atomic E-state index is -3.80. The predicted molar refractivity (Wildman–Crippen MR) is 127 cm³/mol. The summed E-state index contributed by atoms with van der Waals surface area (Å²) in [6.07, 6.45) is 1.61. The van der Waals surface area contributed by atoms with Gasteiger partial charge in [-0.15, -0.1) is 5.10 Å². The minimum absolute atomic E-state index is 0.125. The number of rotatable bonds is 7. The number of hydrogen-bond acceptors (Lipinski definition) is 7. The summed E-state index contributed by atoms with van der Waals surface area (Å²) in [5, 5.41) is 8.75.